The Morgan fingerprint density at radius 2 is 2.00 bits per heavy atom. The van der Waals surface area contributed by atoms with Gasteiger partial charge in [-0.05, 0) is 18.8 Å². The Morgan fingerprint density at radius 1 is 1.40 bits per heavy atom. The first-order valence-corrected chi connectivity index (χ1v) is 8.41. The molecule has 8 heteroatoms. The first-order chi connectivity index (χ1) is 9.23. The first-order valence-electron chi connectivity index (χ1n) is 6.80. The fraction of sp³-hybridized carbons (Fsp3) is 0.833. The van der Waals surface area contributed by atoms with Gasteiger partial charge in [0.2, 0.25) is 15.9 Å². The standard InChI is InChI=1S/C12H22N4O3S/c1-9(2)8-20(17,18)16-6-4-12(13,5-7-16)11-14-10(3)19-15-11/h9H,4-8,13H2,1-3H3. The Morgan fingerprint density at radius 3 is 2.45 bits per heavy atom. The van der Waals surface area contributed by atoms with Crippen molar-refractivity contribution < 1.29 is 12.9 Å². The number of sulfonamides is 1. The molecule has 1 saturated heterocycles. The first kappa shape index (κ1) is 15.4. The molecule has 0 unspecified atom stereocenters. The molecule has 1 aromatic heterocycles. The maximum Gasteiger partial charge on any atom is 0.223 e. The molecule has 0 radical (unpaired) electrons. The van der Waals surface area contributed by atoms with Crippen LogP contribution in [0.4, 0.5) is 0 Å². The van der Waals surface area contributed by atoms with Crippen molar-refractivity contribution in [3.63, 3.8) is 0 Å². The second-order valence-corrected chi connectivity index (χ2v) is 7.88. The quantitative estimate of drug-likeness (QED) is 0.874. The summed E-state index contributed by atoms with van der Waals surface area (Å²) in [5.74, 6) is 1.23. The molecule has 1 fully saturated rings. The van der Waals surface area contributed by atoms with Gasteiger partial charge in [0.1, 0.15) is 0 Å². The van der Waals surface area contributed by atoms with E-state index in [9.17, 15) is 8.42 Å². The van der Waals surface area contributed by atoms with Gasteiger partial charge in [-0.25, -0.2) is 12.7 Å². The lowest BCUT2D eigenvalue weighted by atomic mass is 9.89. The molecular weight excluding hydrogens is 280 g/mol. The Bertz CT molecular complexity index is 559. The van der Waals surface area contributed by atoms with Gasteiger partial charge in [-0.1, -0.05) is 19.0 Å². The van der Waals surface area contributed by atoms with Gasteiger partial charge in [-0.3, -0.25) is 0 Å². The van der Waals surface area contributed by atoms with Crippen molar-refractivity contribution in [2.24, 2.45) is 11.7 Å². The smallest absolute Gasteiger partial charge is 0.223 e. The van der Waals surface area contributed by atoms with Crippen molar-refractivity contribution >= 4 is 10.0 Å². The van der Waals surface area contributed by atoms with Crippen LogP contribution in [0.25, 0.3) is 0 Å². The molecule has 2 N–H and O–H groups in total. The summed E-state index contributed by atoms with van der Waals surface area (Å²) in [4.78, 5) is 4.17. The summed E-state index contributed by atoms with van der Waals surface area (Å²) in [7, 11) is -3.20. The Kier molecular flexibility index (Phi) is 4.17. The third-order valence-corrected chi connectivity index (χ3v) is 5.76. The van der Waals surface area contributed by atoms with E-state index in [4.69, 9.17) is 10.3 Å². The van der Waals surface area contributed by atoms with Crippen LogP contribution in [-0.2, 0) is 15.6 Å². The normalized spacial score (nSPS) is 20.4. The second-order valence-electron chi connectivity index (χ2n) is 5.86. The molecule has 2 rings (SSSR count). The highest BCUT2D eigenvalue weighted by Crippen LogP contribution is 2.29. The van der Waals surface area contributed by atoms with Crippen LogP contribution in [0.15, 0.2) is 4.52 Å². The summed E-state index contributed by atoms with van der Waals surface area (Å²) in [6, 6.07) is 0. The molecule has 0 amide bonds. The number of nitrogens with zero attached hydrogens (tertiary/aromatic N) is 3. The Balaban J connectivity index is 2.05. The van der Waals surface area contributed by atoms with E-state index in [-0.39, 0.29) is 11.7 Å². The third kappa shape index (κ3) is 3.18. The van der Waals surface area contributed by atoms with E-state index < -0.39 is 15.6 Å². The van der Waals surface area contributed by atoms with Gasteiger partial charge < -0.3 is 10.3 Å². The van der Waals surface area contributed by atoms with Crippen molar-refractivity contribution in [1.82, 2.24) is 14.4 Å². The van der Waals surface area contributed by atoms with E-state index in [1.807, 2.05) is 13.8 Å². The maximum atomic E-state index is 12.2. The Hall–Kier alpha value is -0.990. The zero-order valence-electron chi connectivity index (χ0n) is 12.2. The van der Waals surface area contributed by atoms with Crippen molar-refractivity contribution in [2.45, 2.75) is 39.2 Å². The summed E-state index contributed by atoms with van der Waals surface area (Å²) in [5.41, 5.74) is 5.60. The number of aryl methyl sites for hydroxylation is 1. The molecule has 0 bridgehead atoms. The van der Waals surface area contributed by atoms with Crippen LogP contribution >= 0.6 is 0 Å². The number of nitrogens with two attached hydrogens (primary N) is 1. The summed E-state index contributed by atoms with van der Waals surface area (Å²) in [6.07, 6.45) is 1.01. The maximum absolute atomic E-state index is 12.2. The molecule has 0 aromatic carbocycles. The molecule has 1 aliphatic rings. The van der Waals surface area contributed by atoms with Crippen molar-refractivity contribution in [3.8, 4) is 0 Å². The topological polar surface area (TPSA) is 102 Å². The molecular formula is C12H22N4O3S. The van der Waals surface area contributed by atoms with E-state index in [0.29, 0.717) is 37.6 Å². The van der Waals surface area contributed by atoms with E-state index >= 15 is 0 Å². The zero-order valence-corrected chi connectivity index (χ0v) is 13.0. The van der Waals surface area contributed by atoms with Crippen LogP contribution in [0.5, 0.6) is 0 Å². The molecule has 2 heterocycles. The summed E-state index contributed by atoms with van der Waals surface area (Å²) < 4.78 is 30.8. The van der Waals surface area contributed by atoms with Crippen LogP contribution in [0.1, 0.15) is 38.4 Å². The van der Waals surface area contributed by atoms with Crippen molar-refractivity contribution in [2.75, 3.05) is 18.8 Å². The lowest BCUT2D eigenvalue weighted by molar-refractivity contribution is 0.222. The van der Waals surface area contributed by atoms with Crippen LogP contribution in [-0.4, -0.2) is 41.7 Å². The number of hydrogen-bond donors (Lipinski definition) is 1. The summed E-state index contributed by atoms with van der Waals surface area (Å²) >= 11 is 0. The highest BCUT2D eigenvalue weighted by atomic mass is 32.2. The third-order valence-electron chi connectivity index (χ3n) is 3.52. The van der Waals surface area contributed by atoms with Crippen molar-refractivity contribution in [3.05, 3.63) is 11.7 Å². The molecule has 0 saturated carbocycles. The summed E-state index contributed by atoms with van der Waals surface area (Å²) in [5, 5.41) is 3.87. The number of piperidine rings is 1. The average molecular weight is 302 g/mol. The Labute approximate surface area is 119 Å². The van der Waals surface area contributed by atoms with Gasteiger partial charge in [-0.2, -0.15) is 4.98 Å². The van der Waals surface area contributed by atoms with E-state index in [2.05, 4.69) is 10.1 Å². The predicted molar refractivity (Wildman–Crippen MR) is 74.3 cm³/mol. The van der Waals surface area contributed by atoms with E-state index in [0.717, 1.165) is 0 Å². The minimum Gasteiger partial charge on any atom is -0.340 e. The monoisotopic (exact) mass is 302 g/mol. The zero-order chi connectivity index (χ0) is 15.0. The highest BCUT2D eigenvalue weighted by Gasteiger charge is 2.39. The van der Waals surface area contributed by atoms with Crippen LogP contribution in [0.2, 0.25) is 0 Å². The second kappa shape index (κ2) is 5.42. The molecule has 1 aliphatic heterocycles. The van der Waals surface area contributed by atoms with Gasteiger partial charge in [0, 0.05) is 20.0 Å². The summed E-state index contributed by atoms with van der Waals surface area (Å²) in [6.45, 7) is 6.31. The van der Waals surface area contributed by atoms with Crippen LogP contribution in [0.3, 0.4) is 0 Å². The fourth-order valence-corrected chi connectivity index (χ4v) is 4.21. The molecule has 7 nitrogen and oxygen atoms in total. The van der Waals surface area contributed by atoms with Gasteiger partial charge >= 0.3 is 0 Å². The van der Waals surface area contributed by atoms with E-state index in [1.165, 1.54) is 4.31 Å². The lowest BCUT2D eigenvalue weighted by Crippen LogP contribution is -2.51. The number of aromatic nitrogens is 2. The van der Waals surface area contributed by atoms with Crippen molar-refractivity contribution in [1.29, 1.82) is 0 Å². The van der Waals surface area contributed by atoms with Crippen LogP contribution < -0.4 is 5.73 Å². The molecule has 1 aromatic rings. The lowest BCUT2D eigenvalue weighted by Gasteiger charge is -2.36. The fourth-order valence-electron chi connectivity index (χ4n) is 2.42. The molecule has 0 atom stereocenters. The minimum atomic E-state index is -3.20. The molecule has 20 heavy (non-hydrogen) atoms. The highest BCUT2D eigenvalue weighted by molar-refractivity contribution is 7.89. The van der Waals surface area contributed by atoms with Gasteiger partial charge in [-0.15, -0.1) is 0 Å². The molecule has 0 aliphatic carbocycles. The molecule has 114 valence electrons. The SMILES string of the molecule is Cc1nc(C2(N)CCN(S(=O)(=O)CC(C)C)CC2)no1. The van der Waals surface area contributed by atoms with Crippen LogP contribution in [0, 0.1) is 12.8 Å². The minimum absolute atomic E-state index is 0.115. The van der Waals surface area contributed by atoms with Gasteiger partial charge in [0.25, 0.3) is 0 Å². The van der Waals surface area contributed by atoms with E-state index in [1.54, 1.807) is 6.92 Å². The number of rotatable bonds is 4. The van der Waals surface area contributed by atoms with Gasteiger partial charge in [0.05, 0.1) is 11.3 Å². The largest absolute Gasteiger partial charge is 0.340 e. The predicted octanol–water partition coefficient (Wildman–Crippen LogP) is 0.614. The van der Waals surface area contributed by atoms with Gasteiger partial charge in [0.15, 0.2) is 5.82 Å². The molecule has 0 spiro atoms. The number of hydrogen-bond acceptors (Lipinski definition) is 6. The average Bonchev–Trinajstić information content (AvgIpc) is 2.75.